The van der Waals surface area contributed by atoms with E-state index in [4.69, 9.17) is 10.5 Å². The van der Waals surface area contributed by atoms with Crippen molar-refractivity contribution in [2.75, 3.05) is 18.9 Å². The van der Waals surface area contributed by atoms with Crippen molar-refractivity contribution >= 4 is 5.82 Å². The van der Waals surface area contributed by atoms with E-state index in [0.717, 1.165) is 19.6 Å². The number of hydrogen-bond acceptors (Lipinski definition) is 4. The first-order valence-electron chi connectivity index (χ1n) is 3.61. The molecule has 0 spiro atoms. The van der Waals surface area contributed by atoms with Crippen LogP contribution in [-0.2, 0) is 4.74 Å². The Labute approximate surface area is 64.1 Å². The summed E-state index contributed by atoms with van der Waals surface area (Å²) in [5.41, 5.74) is 5.41. The van der Waals surface area contributed by atoms with Crippen molar-refractivity contribution in [3.05, 3.63) is 6.20 Å². The van der Waals surface area contributed by atoms with E-state index in [0.29, 0.717) is 11.9 Å². The number of aromatic nitrogens is 3. The summed E-state index contributed by atoms with van der Waals surface area (Å²) in [6.45, 7) is 1.53. The molecule has 0 aromatic carbocycles. The lowest BCUT2D eigenvalue weighted by atomic mass is 10.3. The lowest BCUT2D eigenvalue weighted by Gasteiger charge is -2.04. The van der Waals surface area contributed by atoms with Crippen LogP contribution in [0.5, 0.6) is 0 Å². The van der Waals surface area contributed by atoms with Gasteiger partial charge in [-0.2, -0.15) is 0 Å². The minimum atomic E-state index is 0.333. The highest BCUT2D eigenvalue weighted by Crippen LogP contribution is 2.17. The highest BCUT2D eigenvalue weighted by atomic mass is 16.5. The topological polar surface area (TPSA) is 66.0 Å². The molecular weight excluding hydrogens is 144 g/mol. The smallest absolute Gasteiger partial charge is 0.165 e. The maximum absolute atomic E-state index is 5.41. The normalized spacial score (nSPS) is 24.2. The summed E-state index contributed by atoms with van der Waals surface area (Å²) in [5, 5.41) is 7.56. The van der Waals surface area contributed by atoms with E-state index < -0.39 is 0 Å². The van der Waals surface area contributed by atoms with Crippen LogP contribution in [0.4, 0.5) is 5.82 Å². The second-order valence-corrected chi connectivity index (χ2v) is 2.64. The SMILES string of the molecule is Nc1cn([C@H]2CCOC2)nn1. The fourth-order valence-corrected chi connectivity index (χ4v) is 1.20. The second kappa shape index (κ2) is 2.50. The predicted octanol–water partition coefficient (Wildman–Crippen LogP) is -0.178. The molecule has 0 saturated carbocycles. The second-order valence-electron chi connectivity index (χ2n) is 2.64. The molecular formula is C6H10N4O. The monoisotopic (exact) mass is 154 g/mol. The van der Waals surface area contributed by atoms with Crippen molar-refractivity contribution < 1.29 is 4.74 Å². The molecule has 2 rings (SSSR count). The van der Waals surface area contributed by atoms with Crippen molar-refractivity contribution in [1.29, 1.82) is 0 Å². The minimum absolute atomic E-state index is 0.333. The number of hydrogen-bond donors (Lipinski definition) is 1. The fraction of sp³-hybridized carbons (Fsp3) is 0.667. The van der Waals surface area contributed by atoms with Crippen LogP contribution in [-0.4, -0.2) is 28.2 Å². The lowest BCUT2D eigenvalue weighted by molar-refractivity contribution is 0.184. The van der Waals surface area contributed by atoms with E-state index in [-0.39, 0.29) is 0 Å². The first kappa shape index (κ1) is 6.60. The third kappa shape index (κ3) is 1.19. The quantitative estimate of drug-likeness (QED) is 0.609. The zero-order valence-electron chi connectivity index (χ0n) is 6.10. The largest absolute Gasteiger partial charge is 0.381 e. The Morgan fingerprint density at radius 1 is 1.73 bits per heavy atom. The van der Waals surface area contributed by atoms with Gasteiger partial charge in [-0.3, -0.25) is 0 Å². The number of nitrogen functional groups attached to an aromatic ring is 1. The van der Waals surface area contributed by atoms with Gasteiger partial charge in [-0.25, -0.2) is 4.68 Å². The lowest BCUT2D eigenvalue weighted by Crippen LogP contribution is -2.08. The molecule has 1 saturated heterocycles. The van der Waals surface area contributed by atoms with Crippen LogP contribution >= 0.6 is 0 Å². The van der Waals surface area contributed by atoms with Gasteiger partial charge in [-0.1, -0.05) is 5.21 Å². The summed E-state index contributed by atoms with van der Waals surface area (Å²) in [7, 11) is 0. The molecule has 60 valence electrons. The van der Waals surface area contributed by atoms with Gasteiger partial charge in [0.05, 0.1) is 18.8 Å². The van der Waals surface area contributed by atoms with Gasteiger partial charge in [-0.15, -0.1) is 5.10 Å². The van der Waals surface area contributed by atoms with Crippen molar-refractivity contribution in [3.8, 4) is 0 Å². The van der Waals surface area contributed by atoms with E-state index in [1.165, 1.54) is 0 Å². The fourth-order valence-electron chi connectivity index (χ4n) is 1.20. The Hall–Kier alpha value is -1.10. The molecule has 2 N–H and O–H groups in total. The maximum atomic E-state index is 5.41. The Kier molecular flexibility index (Phi) is 1.50. The van der Waals surface area contributed by atoms with Crippen molar-refractivity contribution in [1.82, 2.24) is 15.0 Å². The third-order valence-corrected chi connectivity index (χ3v) is 1.81. The summed E-state index contributed by atoms with van der Waals surface area (Å²) in [6.07, 6.45) is 2.74. The molecule has 0 amide bonds. The van der Waals surface area contributed by atoms with Crippen LogP contribution in [0, 0.1) is 0 Å². The zero-order valence-corrected chi connectivity index (χ0v) is 6.10. The van der Waals surface area contributed by atoms with Crippen LogP contribution in [0.25, 0.3) is 0 Å². The Bertz CT molecular complexity index is 240. The molecule has 1 aromatic rings. The average molecular weight is 154 g/mol. The van der Waals surface area contributed by atoms with Gasteiger partial charge < -0.3 is 10.5 Å². The van der Waals surface area contributed by atoms with E-state index >= 15 is 0 Å². The van der Waals surface area contributed by atoms with Crippen LogP contribution in [0.1, 0.15) is 12.5 Å². The Morgan fingerprint density at radius 3 is 3.18 bits per heavy atom. The number of ether oxygens (including phenoxy) is 1. The number of anilines is 1. The van der Waals surface area contributed by atoms with E-state index in [2.05, 4.69) is 10.3 Å². The molecule has 1 aromatic heterocycles. The highest BCUT2D eigenvalue weighted by molar-refractivity contribution is 5.20. The third-order valence-electron chi connectivity index (χ3n) is 1.81. The summed E-state index contributed by atoms with van der Waals surface area (Å²) in [6, 6.07) is 0.333. The molecule has 5 nitrogen and oxygen atoms in total. The van der Waals surface area contributed by atoms with E-state index in [9.17, 15) is 0 Å². The molecule has 0 radical (unpaired) electrons. The van der Waals surface area contributed by atoms with Crippen LogP contribution < -0.4 is 5.73 Å². The van der Waals surface area contributed by atoms with Gasteiger partial charge in [-0.05, 0) is 6.42 Å². The van der Waals surface area contributed by atoms with Crippen molar-refractivity contribution in [2.24, 2.45) is 0 Å². The summed E-state index contributed by atoms with van der Waals surface area (Å²) >= 11 is 0. The molecule has 0 unspecified atom stereocenters. The van der Waals surface area contributed by atoms with Gasteiger partial charge >= 0.3 is 0 Å². The summed E-state index contributed by atoms with van der Waals surface area (Å²) in [4.78, 5) is 0. The molecule has 0 bridgehead atoms. The van der Waals surface area contributed by atoms with Crippen LogP contribution in [0.2, 0.25) is 0 Å². The standard InChI is InChI=1S/C6H10N4O/c7-6-3-10(9-8-6)5-1-2-11-4-5/h3,5H,1-2,4,7H2/t5-/m0/s1. The maximum Gasteiger partial charge on any atom is 0.165 e. The average Bonchev–Trinajstić information content (AvgIpc) is 2.55. The van der Waals surface area contributed by atoms with E-state index in [1.54, 1.807) is 10.9 Å². The van der Waals surface area contributed by atoms with Crippen LogP contribution in [0.3, 0.4) is 0 Å². The number of nitrogens with two attached hydrogens (primary N) is 1. The first-order chi connectivity index (χ1) is 5.36. The Morgan fingerprint density at radius 2 is 2.64 bits per heavy atom. The Balaban J connectivity index is 2.15. The summed E-state index contributed by atoms with van der Waals surface area (Å²) in [5.74, 6) is 0.469. The summed E-state index contributed by atoms with van der Waals surface area (Å²) < 4.78 is 6.96. The molecule has 1 aliphatic rings. The van der Waals surface area contributed by atoms with Gasteiger partial charge in [0.2, 0.25) is 0 Å². The molecule has 5 heteroatoms. The molecule has 1 atom stereocenters. The molecule has 11 heavy (non-hydrogen) atoms. The zero-order chi connectivity index (χ0) is 7.68. The number of rotatable bonds is 1. The molecule has 1 fully saturated rings. The van der Waals surface area contributed by atoms with Crippen LogP contribution in [0.15, 0.2) is 6.20 Å². The van der Waals surface area contributed by atoms with Crippen molar-refractivity contribution in [2.45, 2.75) is 12.5 Å². The minimum Gasteiger partial charge on any atom is -0.381 e. The highest BCUT2D eigenvalue weighted by Gasteiger charge is 2.18. The van der Waals surface area contributed by atoms with Gasteiger partial charge in [0.25, 0.3) is 0 Å². The van der Waals surface area contributed by atoms with Gasteiger partial charge in [0.1, 0.15) is 0 Å². The predicted molar refractivity (Wildman–Crippen MR) is 38.9 cm³/mol. The first-order valence-corrected chi connectivity index (χ1v) is 3.61. The van der Waals surface area contributed by atoms with Gasteiger partial charge in [0.15, 0.2) is 5.82 Å². The number of nitrogens with zero attached hydrogens (tertiary/aromatic N) is 3. The van der Waals surface area contributed by atoms with E-state index in [1.807, 2.05) is 0 Å². The molecule has 0 aliphatic carbocycles. The molecule has 2 heterocycles. The van der Waals surface area contributed by atoms with Crippen molar-refractivity contribution in [3.63, 3.8) is 0 Å². The van der Waals surface area contributed by atoms with Gasteiger partial charge in [0, 0.05) is 6.61 Å². The molecule has 1 aliphatic heterocycles.